The third kappa shape index (κ3) is 3.62. The van der Waals surface area contributed by atoms with E-state index in [1.165, 1.54) is 29.2 Å². The van der Waals surface area contributed by atoms with Crippen LogP contribution >= 0.6 is 0 Å². The lowest BCUT2D eigenvalue weighted by Crippen LogP contribution is -2.21. The third-order valence-corrected chi connectivity index (χ3v) is 2.39. The van der Waals surface area contributed by atoms with E-state index in [-0.39, 0.29) is 18.1 Å². The molecule has 0 spiro atoms. The van der Waals surface area contributed by atoms with Gasteiger partial charge in [0.05, 0.1) is 6.10 Å². The van der Waals surface area contributed by atoms with E-state index < -0.39 is 6.10 Å². The second kappa shape index (κ2) is 5.61. The van der Waals surface area contributed by atoms with Crippen LogP contribution in [0.1, 0.15) is 24.5 Å². The van der Waals surface area contributed by atoms with Gasteiger partial charge in [-0.2, -0.15) is 0 Å². The lowest BCUT2D eigenvalue weighted by molar-refractivity contribution is -0.129. The minimum absolute atomic E-state index is 0.0267. The summed E-state index contributed by atoms with van der Waals surface area (Å²) < 4.78 is 12.6. The van der Waals surface area contributed by atoms with E-state index in [2.05, 4.69) is 0 Å². The number of halogens is 1. The summed E-state index contributed by atoms with van der Waals surface area (Å²) in [6.45, 7) is 0. The maximum absolute atomic E-state index is 12.6. The highest BCUT2D eigenvalue weighted by molar-refractivity contribution is 5.75. The number of rotatable bonds is 4. The quantitative estimate of drug-likeness (QED) is 0.847. The molecule has 1 rings (SSSR count). The molecule has 3 nitrogen and oxygen atoms in total. The first kappa shape index (κ1) is 12.6. The molecule has 4 heteroatoms. The maximum Gasteiger partial charge on any atom is 0.222 e. The molecule has 88 valence electrons. The molecule has 1 atom stereocenters. The molecule has 0 fully saturated rings. The number of carbonyl (C=O) groups excluding carboxylic acids is 1. The molecule has 0 aliphatic heterocycles. The average molecular weight is 225 g/mol. The highest BCUT2D eigenvalue weighted by Crippen LogP contribution is 2.18. The normalized spacial score (nSPS) is 12.2. The Labute approximate surface area is 94.5 Å². The van der Waals surface area contributed by atoms with Crippen LogP contribution in [0.5, 0.6) is 0 Å². The minimum atomic E-state index is -0.718. The fourth-order valence-electron chi connectivity index (χ4n) is 1.34. The van der Waals surface area contributed by atoms with E-state index in [0.717, 1.165) is 0 Å². The van der Waals surface area contributed by atoms with Crippen LogP contribution in [-0.4, -0.2) is 30.0 Å². The van der Waals surface area contributed by atoms with Crippen molar-refractivity contribution >= 4 is 5.91 Å². The van der Waals surface area contributed by atoms with Crippen molar-refractivity contribution in [2.24, 2.45) is 0 Å². The average Bonchev–Trinajstić information content (AvgIpc) is 2.26. The largest absolute Gasteiger partial charge is 0.388 e. The Morgan fingerprint density at radius 1 is 1.38 bits per heavy atom. The van der Waals surface area contributed by atoms with E-state index in [0.29, 0.717) is 12.0 Å². The number of nitrogens with zero attached hydrogens (tertiary/aromatic N) is 1. The fraction of sp³-hybridized carbons (Fsp3) is 0.417. The van der Waals surface area contributed by atoms with E-state index in [1.54, 1.807) is 14.1 Å². The Kier molecular flexibility index (Phi) is 4.43. The molecule has 0 aliphatic carbocycles. The lowest BCUT2D eigenvalue weighted by atomic mass is 10.0. The number of aliphatic hydroxyl groups is 1. The van der Waals surface area contributed by atoms with Crippen molar-refractivity contribution in [2.75, 3.05) is 14.1 Å². The minimum Gasteiger partial charge on any atom is -0.388 e. The molecule has 1 amide bonds. The predicted octanol–water partition coefficient (Wildman–Crippen LogP) is 1.73. The zero-order valence-electron chi connectivity index (χ0n) is 9.48. The molecule has 1 aromatic rings. The number of hydrogen-bond donors (Lipinski definition) is 1. The van der Waals surface area contributed by atoms with Crippen molar-refractivity contribution in [3.8, 4) is 0 Å². The van der Waals surface area contributed by atoms with E-state index in [4.69, 9.17) is 0 Å². The molecular formula is C12H16FNO2. The van der Waals surface area contributed by atoms with Gasteiger partial charge in [-0.3, -0.25) is 4.79 Å². The van der Waals surface area contributed by atoms with Gasteiger partial charge in [-0.05, 0) is 24.1 Å². The van der Waals surface area contributed by atoms with Crippen molar-refractivity contribution in [1.29, 1.82) is 0 Å². The van der Waals surface area contributed by atoms with E-state index >= 15 is 0 Å². The van der Waals surface area contributed by atoms with Crippen LogP contribution in [0.15, 0.2) is 24.3 Å². The highest BCUT2D eigenvalue weighted by Gasteiger charge is 2.11. The van der Waals surface area contributed by atoms with Crippen molar-refractivity contribution in [3.63, 3.8) is 0 Å². The van der Waals surface area contributed by atoms with E-state index in [9.17, 15) is 14.3 Å². The van der Waals surface area contributed by atoms with Gasteiger partial charge in [-0.1, -0.05) is 12.1 Å². The van der Waals surface area contributed by atoms with Gasteiger partial charge in [0.1, 0.15) is 5.82 Å². The standard InChI is InChI=1S/C12H16FNO2/c1-14(2)12(16)8-7-11(15)9-3-5-10(13)6-4-9/h3-6,11,15H,7-8H2,1-2H3/t11-/m0/s1. The summed E-state index contributed by atoms with van der Waals surface area (Å²) in [6, 6.07) is 5.65. The van der Waals surface area contributed by atoms with Crippen molar-refractivity contribution in [2.45, 2.75) is 18.9 Å². The molecule has 0 aliphatic rings. The topological polar surface area (TPSA) is 40.5 Å². The zero-order valence-corrected chi connectivity index (χ0v) is 9.48. The molecule has 1 N–H and O–H groups in total. The number of aliphatic hydroxyl groups excluding tert-OH is 1. The number of amides is 1. The summed E-state index contributed by atoms with van der Waals surface area (Å²) in [5.41, 5.74) is 0.632. The summed E-state index contributed by atoms with van der Waals surface area (Å²) in [6.07, 6.45) is -0.0849. The molecule has 0 saturated heterocycles. The monoisotopic (exact) mass is 225 g/mol. The van der Waals surface area contributed by atoms with Gasteiger partial charge < -0.3 is 10.0 Å². The van der Waals surface area contributed by atoms with Crippen LogP contribution in [0.25, 0.3) is 0 Å². The number of hydrogen-bond acceptors (Lipinski definition) is 2. The summed E-state index contributed by atoms with van der Waals surface area (Å²) in [5.74, 6) is -0.360. The van der Waals surface area contributed by atoms with Gasteiger partial charge in [0.15, 0.2) is 0 Å². The van der Waals surface area contributed by atoms with E-state index in [1.807, 2.05) is 0 Å². The maximum atomic E-state index is 12.6. The molecule has 0 heterocycles. The molecule has 0 bridgehead atoms. The molecule has 0 aromatic heterocycles. The number of benzene rings is 1. The fourth-order valence-corrected chi connectivity index (χ4v) is 1.34. The summed E-state index contributed by atoms with van der Waals surface area (Å²) >= 11 is 0. The Morgan fingerprint density at radius 2 is 1.94 bits per heavy atom. The molecule has 0 unspecified atom stereocenters. The molecule has 1 aromatic carbocycles. The number of carbonyl (C=O) groups is 1. The van der Waals surface area contributed by atoms with Crippen molar-refractivity contribution in [1.82, 2.24) is 4.90 Å². The van der Waals surface area contributed by atoms with Crippen LogP contribution in [0.2, 0.25) is 0 Å². The summed E-state index contributed by atoms with van der Waals surface area (Å²) in [4.78, 5) is 12.8. The Bertz CT molecular complexity index is 349. The predicted molar refractivity (Wildman–Crippen MR) is 59.3 cm³/mol. The smallest absolute Gasteiger partial charge is 0.222 e. The third-order valence-electron chi connectivity index (χ3n) is 2.39. The summed E-state index contributed by atoms with van der Waals surface area (Å²) in [7, 11) is 3.35. The van der Waals surface area contributed by atoms with Gasteiger partial charge in [0.25, 0.3) is 0 Å². The molecular weight excluding hydrogens is 209 g/mol. The van der Waals surface area contributed by atoms with Gasteiger partial charge in [0, 0.05) is 20.5 Å². The van der Waals surface area contributed by atoms with Gasteiger partial charge in [-0.25, -0.2) is 4.39 Å². The SMILES string of the molecule is CN(C)C(=O)CC[C@H](O)c1ccc(F)cc1. The van der Waals surface area contributed by atoms with Crippen LogP contribution in [0, 0.1) is 5.82 Å². The second-order valence-corrected chi connectivity index (χ2v) is 3.89. The Morgan fingerprint density at radius 3 is 2.44 bits per heavy atom. The first-order valence-electron chi connectivity index (χ1n) is 5.14. The van der Waals surface area contributed by atoms with Gasteiger partial charge >= 0.3 is 0 Å². The Balaban J connectivity index is 2.49. The van der Waals surface area contributed by atoms with Crippen LogP contribution in [-0.2, 0) is 4.79 Å². The molecule has 0 radical (unpaired) electrons. The summed E-state index contributed by atoms with van der Waals surface area (Å²) in [5, 5.41) is 9.75. The van der Waals surface area contributed by atoms with Crippen molar-refractivity contribution < 1.29 is 14.3 Å². The Hall–Kier alpha value is -1.42. The van der Waals surface area contributed by atoms with Gasteiger partial charge in [-0.15, -0.1) is 0 Å². The molecule has 16 heavy (non-hydrogen) atoms. The van der Waals surface area contributed by atoms with Gasteiger partial charge in [0.2, 0.25) is 5.91 Å². The second-order valence-electron chi connectivity index (χ2n) is 3.89. The highest BCUT2D eigenvalue weighted by atomic mass is 19.1. The molecule has 0 saturated carbocycles. The van der Waals surface area contributed by atoms with Crippen LogP contribution < -0.4 is 0 Å². The van der Waals surface area contributed by atoms with Crippen LogP contribution in [0.4, 0.5) is 4.39 Å². The van der Waals surface area contributed by atoms with Crippen molar-refractivity contribution in [3.05, 3.63) is 35.6 Å². The first-order valence-corrected chi connectivity index (χ1v) is 5.14. The van der Waals surface area contributed by atoms with Crippen LogP contribution in [0.3, 0.4) is 0 Å². The zero-order chi connectivity index (χ0) is 12.1. The lowest BCUT2D eigenvalue weighted by Gasteiger charge is -2.13. The first-order chi connectivity index (χ1) is 7.50.